The van der Waals surface area contributed by atoms with Gasteiger partial charge in [-0.05, 0) is 13.3 Å². The van der Waals surface area contributed by atoms with Crippen molar-refractivity contribution in [2.75, 3.05) is 26.8 Å². The fraction of sp³-hybridized carbons (Fsp3) is 0.900. The molecular formula is C10H15ClF3NO2. The van der Waals surface area contributed by atoms with E-state index in [-0.39, 0.29) is 19.5 Å². The lowest BCUT2D eigenvalue weighted by atomic mass is 9.87. The van der Waals surface area contributed by atoms with Gasteiger partial charge in [0, 0.05) is 20.2 Å². The van der Waals surface area contributed by atoms with Crippen LogP contribution in [0.5, 0.6) is 0 Å². The van der Waals surface area contributed by atoms with Crippen LogP contribution in [0.15, 0.2) is 0 Å². The summed E-state index contributed by atoms with van der Waals surface area (Å²) in [6, 6.07) is 0. The Morgan fingerprint density at radius 3 is 2.59 bits per heavy atom. The first kappa shape index (κ1) is 14.6. The highest BCUT2D eigenvalue weighted by Gasteiger charge is 2.58. The predicted molar refractivity (Wildman–Crippen MR) is 56.9 cm³/mol. The third-order valence-corrected chi connectivity index (χ3v) is 3.21. The Morgan fingerprint density at radius 1 is 1.59 bits per heavy atom. The molecule has 2 atom stereocenters. The number of methoxy groups -OCH3 is 1. The van der Waals surface area contributed by atoms with E-state index in [0.717, 1.165) is 4.90 Å². The van der Waals surface area contributed by atoms with Gasteiger partial charge < -0.3 is 9.64 Å². The molecule has 17 heavy (non-hydrogen) atoms. The van der Waals surface area contributed by atoms with Crippen molar-refractivity contribution in [1.82, 2.24) is 4.90 Å². The Kier molecular flexibility index (Phi) is 4.30. The standard InChI is InChI=1S/C10H15ClF3NO2/c1-7(11)8(16)15-4-3-9(5-15,6-17-2)10(12,13)14/h7H,3-6H2,1-2H3/t7-,9-/m0/s1. The van der Waals surface area contributed by atoms with Crippen LogP contribution in [0, 0.1) is 5.41 Å². The third kappa shape index (κ3) is 2.85. The number of hydrogen-bond acceptors (Lipinski definition) is 2. The Morgan fingerprint density at radius 2 is 2.18 bits per heavy atom. The van der Waals surface area contributed by atoms with E-state index < -0.39 is 29.5 Å². The van der Waals surface area contributed by atoms with Crippen molar-refractivity contribution in [2.24, 2.45) is 5.41 Å². The molecule has 0 aromatic heterocycles. The smallest absolute Gasteiger partial charge is 0.384 e. The Hall–Kier alpha value is -0.490. The number of likely N-dealkylation sites (tertiary alicyclic amines) is 1. The van der Waals surface area contributed by atoms with Gasteiger partial charge in [-0.25, -0.2) is 0 Å². The summed E-state index contributed by atoms with van der Waals surface area (Å²) in [5, 5.41) is -0.804. The number of carbonyl (C=O) groups excluding carboxylic acids is 1. The number of nitrogens with zero attached hydrogens (tertiary/aromatic N) is 1. The minimum Gasteiger partial charge on any atom is -0.384 e. The van der Waals surface area contributed by atoms with Gasteiger partial charge in [0.05, 0.1) is 6.61 Å². The van der Waals surface area contributed by atoms with Crippen LogP contribution in [0.1, 0.15) is 13.3 Å². The van der Waals surface area contributed by atoms with Crippen molar-refractivity contribution in [2.45, 2.75) is 24.9 Å². The predicted octanol–water partition coefficient (Wildman–Crippen LogP) is 2.04. The second kappa shape index (κ2) is 5.02. The zero-order chi connectivity index (χ0) is 13.3. The van der Waals surface area contributed by atoms with Crippen LogP contribution in [0.4, 0.5) is 13.2 Å². The highest BCUT2D eigenvalue weighted by atomic mass is 35.5. The molecule has 100 valence electrons. The van der Waals surface area contributed by atoms with Gasteiger partial charge in [0.25, 0.3) is 0 Å². The average molecular weight is 274 g/mol. The number of rotatable bonds is 3. The van der Waals surface area contributed by atoms with E-state index in [9.17, 15) is 18.0 Å². The number of halogens is 4. The van der Waals surface area contributed by atoms with Crippen molar-refractivity contribution >= 4 is 17.5 Å². The first-order chi connectivity index (χ1) is 7.73. The lowest BCUT2D eigenvalue weighted by Gasteiger charge is -2.31. The Bertz CT molecular complexity index is 296. The van der Waals surface area contributed by atoms with Crippen LogP contribution < -0.4 is 0 Å². The maximum absolute atomic E-state index is 13.0. The zero-order valence-corrected chi connectivity index (χ0v) is 10.4. The Labute approximate surface area is 103 Å². The number of carbonyl (C=O) groups is 1. The molecule has 0 spiro atoms. The Balaban J connectivity index is 2.83. The van der Waals surface area contributed by atoms with E-state index in [1.807, 2.05) is 0 Å². The largest absolute Gasteiger partial charge is 0.398 e. The van der Waals surface area contributed by atoms with Gasteiger partial charge in [-0.3, -0.25) is 4.79 Å². The maximum atomic E-state index is 13.0. The van der Waals surface area contributed by atoms with Gasteiger partial charge in [-0.2, -0.15) is 13.2 Å². The summed E-state index contributed by atoms with van der Waals surface area (Å²) in [6.45, 7) is 0.712. The van der Waals surface area contributed by atoms with Crippen molar-refractivity contribution in [3.05, 3.63) is 0 Å². The van der Waals surface area contributed by atoms with Crippen molar-refractivity contribution in [3.63, 3.8) is 0 Å². The summed E-state index contributed by atoms with van der Waals surface area (Å²) in [6.07, 6.45) is -4.52. The van der Waals surface area contributed by atoms with Gasteiger partial charge in [-0.1, -0.05) is 0 Å². The number of hydrogen-bond donors (Lipinski definition) is 0. The molecule has 1 aliphatic heterocycles. The quantitative estimate of drug-likeness (QED) is 0.737. The van der Waals surface area contributed by atoms with Gasteiger partial charge >= 0.3 is 6.18 Å². The van der Waals surface area contributed by atoms with E-state index in [0.29, 0.717) is 0 Å². The normalized spacial score (nSPS) is 27.3. The van der Waals surface area contributed by atoms with E-state index in [1.165, 1.54) is 14.0 Å². The molecule has 0 aliphatic carbocycles. The molecule has 1 saturated heterocycles. The van der Waals surface area contributed by atoms with Crippen LogP contribution in [0.25, 0.3) is 0 Å². The molecule has 7 heteroatoms. The molecule has 0 N–H and O–H groups in total. The van der Waals surface area contributed by atoms with E-state index in [4.69, 9.17) is 11.6 Å². The van der Waals surface area contributed by atoms with Gasteiger partial charge in [0.2, 0.25) is 5.91 Å². The first-order valence-corrected chi connectivity index (χ1v) is 5.66. The van der Waals surface area contributed by atoms with Crippen molar-refractivity contribution in [3.8, 4) is 0 Å². The number of alkyl halides is 4. The second-order valence-corrected chi connectivity index (χ2v) is 4.99. The summed E-state index contributed by atoms with van der Waals surface area (Å²) in [5.74, 6) is -0.464. The van der Waals surface area contributed by atoms with Crippen molar-refractivity contribution in [1.29, 1.82) is 0 Å². The monoisotopic (exact) mass is 273 g/mol. The van der Waals surface area contributed by atoms with Crippen LogP contribution in [-0.2, 0) is 9.53 Å². The number of ether oxygens (including phenoxy) is 1. The van der Waals surface area contributed by atoms with E-state index >= 15 is 0 Å². The maximum Gasteiger partial charge on any atom is 0.398 e. The average Bonchev–Trinajstić information content (AvgIpc) is 2.62. The molecule has 1 aliphatic rings. The molecule has 0 radical (unpaired) electrons. The lowest BCUT2D eigenvalue weighted by molar-refractivity contribution is -0.232. The second-order valence-electron chi connectivity index (χ2n) is 4.34. The lowest BCUT2D eigenvalue weighted by Crippen LogP contribution is -2.45. The summed E-state index contributed by atoms with van der Waals surface area (Å²) in [4.78, 5) is 12.7. The molecule has 0 saturated carbocycles. The minimum atomic E-state index is -4.38. The first-order valence-electron chi connectivity index (χ1n) is 5.22. The van der Waals surface area contributed by atoms with Gasteiger partial charge in [0.1, 0.15) is 10.8 Å². The SMILES string of the molecule is COC[C@]1(C(F)(F)F)CCN(C(=O)[C@H](C)Cl)C1. The molecule has 0 bridgehead atoms. The third-order valence-electron chi connectivity index (χ3n) is 3.03. The molecule has 0 aromatic rings. The molecule has 1 heterocycles. The minimum absolute atomic E-state index is 0.0682. The highest BCUT2D eigenvalue weighted by Crippen LogP contribution is 2.45. The molecule has 0 aromatic carbocycles. The van der Waals surface area contributed by atoms with Crippen LogP contribution >= 0.6 is 11.6 Å². The van der Waals surface area contributed by atoms with Crippen LogP contribution in [-0.4, -0.2) is 49.2 Å². The fourth-order valence-corrected chi connectivity index (χ4v) is 2.16. The summed E-state index contributed by atoms with van der Waals surface area (Å²) < 4.78 is 43.6. The van der Waals surface area contributed by atoms with E-state index in [1.54, 1.807) is 0 Å². The van der Waals surface area contributed by atoms with E-state index in [2.05, 4.69) is 4.74 Å². The van der Waals surface area contributed by atoms with Crippen LogP contribution in [0.2, 0.25) is 0 Å². The topological polar surface area (TPSA) is 29.5 Å². The summed E-state index contributed by atoms with van der Waals surface area (Å²) >= 11 is 5.59. The van der Waals surface area contributed by atoms with Crippen LogP contribution in [0.3, 0.4) is 0 Å². The molecule has 0 unspecified atom stereocenters. The molecule has 1 amide bonds. The molecule has 3 nitrogen and oxygen atoms in total. The number of amides is 1. The van der Waals surface area contributed by atoms with Crippen molar-refractivity contribution < 1.29 is 22.7 Å². The molecule has 1 rings (SSSR count). The van der Waals surface area contributed by atoms with Gasteiger partial charge in [-0.15, -0.1) is 11.6 Å². The molecule has 1 fully saturated rings. The summed E-state index contributed by atoms with van der Waals surface area (Å²) in [5.41, 5.74) is -1.96. The highest BCUT2D eigenvalue weighted by molar-refractivity contribution is 6.30. The summed E-state index contributed by atoms with van der Waals surface area (Å²) in [7, 11) is 1.22. The fourth-order valence-electron chi connectivity index (χ4n) is 2.02. The van der Waals surface area contributed by atoms with Gasteiger partial charge in [0.15, 0.2) is 0 Å². The zero-order valence-electron chi connectivity index (χ0n) is 9.68. The molecular weight excluding hydrogens is 259 g/mol.